The van der Waals surface area contributed by atoms with Gasteiger partial charge in [-0.25, -0.2) is 4.98 Å². The molecule has 0 aliphatic rings. The molecule has 1 aromatic carbocycles. The Hall–Kier alpha value is -2.47. The molecule has 3 N–H and O–H groups in total. The van der Waals surface area contributed by atoms with E-state index in [1.165, 1.54) is 12.0 Å². The second kappa shape index (κ2) is 22.8. The van der Waals surface area contributed by atoms with Gasteiger partial charge in [-0.1, -0.05) is 80.0 Å². The van der Waals surface area contributed by atoms with E-state index < -0.39 is 5.97 Å². The third-order valence-electron chi connectivity index (χ3n) is 3.07. The molecule has 6 heteroatoms. The van der Waals surface area contributed by atoms with Gasteiger partial charge in [-0.2, -0.15) is 0 Å². The van der Waals surface area contributed by atoms with Gasteiger partial charge in [-0.3, -0.25) is 4.79 Å². The van der Waals surface area contributed by atoms with Crippen LogP contribution in [0.2, 0.25) is 0 Å². The molecule has 0 amide bonds. The number of nitrogens with zero attached hydrogens (tertiary/aromatic N) is 1. The van der Waals surface area contributed by atoms with Gasteiger partial charge in [-0.15, -0.1) is 0 Å². The Kier molecular flexibility index (Phi) is 24.5. The van der Waals surface area contributed by atoms with Crippen LogP contribution >= 0.6 is 0 Å². The van der Waals surface area contributed by atoms with Gasteiger partial charge in [0.2, 0.25) is 5.88 Å². The normalized spacial score (nSPS) is 9.63. The fourth-order valence-electron chi connectivity index (χ4n) is 1.73. The lowest BCUT2D eigenvalue weighted by molar-refractivity contribution is -0.135. The molecule has 2 aromatic rings. The molecule has 0 radical (unpaired) electrons. The number of aromatic nitrogens is 1. The van der Waals surface area contributed by atoms with Crippen LogP contribution in [-0.2, 0) is 16.0 Å². The number of carboxylic acids is 1. The van der Waals surface area contributed by atoms with E-state index in [0.29, 0.717) is 12.5 Å². The molecular weight excluding hydrogens is 380 g/mol. The highest BCUT2D eigenvalue weighted by molar-refractivity contribution is 5.83. The van der Waals surface area contributed by atoms with Gasteiger partial charge in [0.25, 0.3) is 0 Å². The average Bonchev–Trinajstić information content (AvgIpc) is 2.80. The van der Waals surface area contributed by atoms with Crippen molar-refractivity contribution in [1.29, 1.82) is 0 Å². The van der Waals surface area contributed by atoms with Crippen LogP contribution in [0, 0.1) is 5.92 Å². The summed E-state index contributed by atoms with van der Waals surface area (Å²) in [7, 11) is 0. The molecule has 0 bridgehead atoms. The third kappa shape index (κ3) is 16.5. The number of aliphatic carboxylic acids is 1. The maximum atomic E-state index is 10.5. The van der Waals surface area contributed by atoms with Gasteiger partial charge in [0.1, 0.15) is 6.29 Å². The molecule has 0 aliphatic carbocycles. The number of hydrogen-bond donors (Lipinski definition) is 2. The largest absolute Gasteiger partial charge is 0.480 e. The first kappa shape index (κ1) is 32.2. The molecular formula is C24H42N2O4. The molecule has 0 saturated carbocycles. The zero-order chi connectivity index (χ0) is 23.9. The minimum absolute atomic E-state index is 0.107. The van der Waals surface area contributed by atoms with Gasteiger partial charge < -0.3 is 20.4 Å². The van der Waals surface area contributed by atoms with E-state index in [4.69, 9.17) is 9.84 Å². The predicted molar refractivity (Wildman–Crippen MR) is 127 cm³/mol. The molecule has 0 aliphatic heterocycles. The van der Waals surface area contributed by atoms with Crippen molar-refractivity contribution < 1.29 is 19.4 Å². The fraction of sp³-hybridized carbons (Fsp3) is 0.542. The van der Waals surface area contributed by atoms with Crippen LogP contribution in [-0.4, -0.2) is 35.5 Å². The summed E-state index contributed by atoms with van der Waals surface area (Å²) < 4.78 is 5.50. The van der Waals surface area contributed by atoms with Gasteiger partial charge in [-0.05, 0) is 17.4 Å². The van der Waals surface area contributed by atoms with Crippen LogP contribution in [0.1, 0.15) is 67.4 Å². The number of pyridine rings is 1. The number of carbonyl (C=O) groups is 2. The van der Waals surface area contributed by atoms with Crippen molar-refractivity contribution in [2.24, 2.45) is 11.7 Å². The Morgan fingerprint density at radius 1 is 1.13 bits per heavy atom. The number of nitrogens with two attached hydrogens (primary N) is 1. The molecule has 0 fully saturated rings. The summed E-state index contributed by atoms with van der Waals surface area (Å²) in [5.41, 5.74) is 5.86. The van der Waals surface area contributed by atoms with E-state index in [1.807, 2.05) is 40.7 Å². The summed E-state index contributed by atoms with van der Waals surface area (Å²) >= 11 is 0. The van der Waals surface area contributed by atoms with Crippen molar-refractivity contribution >= 4 is 23.0 Å². The first-order valence-corrected chi connectivity index (χ1v) is 10.8. The van der Waals surface area contributed by atoms with Crippen molar-refractivity contribution in [2.45, 2.75) is 68.2 Å². The van der Waals surface area contributed by atoms with Crippen LogP contribution < -0.4 is 10.5 Å². The number of carbonyl (C=O) groups excluding carboxylic acids is 1. The molecule has 2 rings (SSSR count). The Bertz CT molecular complexity index is 675. The van der Waals surface area contributed by atoms with E-state index in [-0.39, 0.29) is 12.5 Å². The number of carboxylic acid groups (broad SMARTS) is 1. The van der Waals surface area contributed by atoms with Crippen molar-refractivity contribution in [2.75, 3.05) is 13.2 Å². The Balaban J connectivity index is -0.000000510. The first-order valence-electron chi connectivity index (χ1n) is 10.8. The number of hydrogen-bond acceptors (Lipinski definition) is 5. The lowest BCUT2D eigenvalue weighted by atomic mass is 10.1. The highest BCUT2D eigenvalue weighted by Crippen LogP contribution is 2.20. The summed E-state index contributed by atoms with van der Waals surface area (Å²) in [6, 6.07) is 8.25. The molecule has 1 atom stereocenters. The average molecular weight is 423 g/mol. The zero-order valence-electron chi connectivity index (χ0n) is 20.1. The summed E-state index contributed by atoms with van der Waals surface area (Å²) in [6.07, 6.45) is 4.95. The molecule has 30 heavy (non-hydrogen) atoms. The van der Waals surface area contributed by atoms with Crippen molar-refractivity contribution in [3.8, 4) is 5.88 Å². The van der Waals surface area contributed by atoms with Crippen LogP contribution in [0.4, 0.5) is 0 Å². The highest BCUT2D eigenvalue weighted by atomic mass is 16.5. The molecule has 1 unspecified atom stereocenters. The lowest BCUT2D eigenvalue weighted by Crippen LogP contribution is -2.10. The van der Waals surface area contributed by atoms with E-state index in [1.54, 1.807) is 6.20 Å². The second-order valence-electron chi connectivity index (χ2n) is 5.79. The van der Waals surface area contributed by atoms with Gasteiger partial charge in [0.15, 0.2) is 0 Å². The third-order valence-corrected chi connectivity index (χ3v) is 3.07. The molecule has 6 nitrogen and oxygen atoms in total. The fourth-order valence-corrected chi connectivity index (χ4v) is 1.73. The monoisotopic (exact) mass is 422 g/mol. The smallest absolute Gasteiger partial charge is 0.317 e. The number of aryl methyl sites for hydroxylation is 1. The lowest BCUT2D eigenvalue weighted by Gasteiger charge is -2.08. The quantitative estimate of drug-likeness (QED) is 0.595. The Morgan fingerprint density at radius 2 is 1.67 bits per heavy atom. The number of benzene rings is 1. The molecule has 0 saturated heterocycles. The standard InChI is InChI=1S/C15H17NO2.C3H8.C2H5NO2.2C2H6/c1-3-12-4-5-13-8-16-15(7-14(13)6-12)18-10-11(2)9-17;1-3-2;3-1-2(4)5;2*1-2/h4-9,11H,3,10H2,1-2H3;3H2,1-2H3;1,3H2,(H,4,5);2*1-2H3. The zero-order valence-corrected chi connectivity index (χ0v) is 20.1. The predicted octanol–water partition coefficient (Wildman–Crippen LogP) is 5.51. The van der Waals surface area contributed by atoms with E-state index >= 15 is 0 Å². The summed E-state index contributed by atoms with van der Waals surface area (Å²) in [6.45, 7) is 16.3. The van der Waals surface area contributed by atoms with Crippen molar-refractivity contribution in [1.82, 2.24) is 4.98 Å². The molecule has 1 heterocycles. The number of aldehydes is 1. The summed E-state index contributed by atoms with van der Waals surface area (Å²) in [4.78, 5) is 24.0. The Labute approximate surface area is 182 Å². The second-order valence-corrected chi connectivity index (χ2v) is 5.79. The van der Waals surface area contributed by atoms with Crippen molar-refractivity contribution in [3.63, 3.8) is 0 Å². The van der Waals surface area contributed by atoms with Crippen molar-refractivity contribution in [3.05, 3.63) is 36.0 Å². The van der Waals surface area contributed by atoms with Crippen LogP contribution in [0.5, 0.6) is 5.88 Å². The van der Waals surface area contributed by atoms with Gasteiger partial charge >= 0.3 is 5.97 Å². The van der Waals surface area contributed by atoms with Gasteiger partial charge in [0, 0.05) is 23.6 Å². The number of fused-ring (bicyclic) bond motifs is 1. The maximum absolute atomic E-state index is 10.5. The maximum Gasteiger partial charge on any atom is 0.317 e. The van der Waals surface area contributed by atoms with Crippen LogP contribution in [0.25, 0.3) is 10.8 Å². The van der Waals surface area contributed by atoms with E-state index in [0.717, 1.165) is 23.5 Å². The minimum Gasteiger partial charge on any atom is -0.480 e. The van der Waals surface area contributed by atoms with Gasteiger partial charge in [0.05, 0.1) is 13.2 Å². The van der Waals surface area contributed by atoms with E-state index in [2.05, 4.69) is 49.7 Å². The summed E-state index contributed by atoms with van der Waals surface area (Å²) in [5.74, 6) is -0.501. The number of ether oxygens (including phenoxy) is 1. The molecule has 1 aromatic heterocycles. The van der Waals surface area contributed by atoms with Crippen LogP contribution in [0.3, 0.4) is 0 Å². The minimum atomic E-state index is -0.968. The van der Waals surface area contributed by atoms with E-state index in [9.17, 15) is 9.59 Å². The first-order chi connectivity index (χ1) is 14.4. The molecule has 172 valence electrons. The SMILES string of the molecule is CC.CC.CCC.CCc1ccc2cnc(OCC(C)C=O)cc2c1.NCC(=O)O. The Morgan fingerprint density at radius 3 is 2.10 bits per heavy atom. The highest BCUT2D eigenvalue weighted by Gasteiger charge is 2.03. The topological polar surface area (TPSA) is 103 Å². The van der Waals surface area contributed by atoms with Crippen LogP contribution in [0.15, 0.2) is 30.5 Å². The summed E-state index contributed by atoms with van der Waals surface area (Å²) in [5, 5.41) is 9.82. The molecule has 0 spiro atoms. The number of rotatable bonds is 6.